The Bertz CT molecular complexity index is 235. The van der Waals surface area contributed by atoms with Crippen LogP contribution >= 0.6 is 0 Å². The number of ether oxygens (including phenoxy) is 1. The highest BCUT2D eigenvalue weighted by Gasteiger charge is 2.32. The molecule has 1 heterocycles. The second-order valence-electron chi connectivity index (χ2n) is 4.92. The molecule has 0 amide bonds. The van der Waals surface area contributed by atoms with E-state index in [2.05, 4.69) is 10.6 Å². The molecule has 0 aromatic heterocycles. The zero-order chi connectivity index (χ0) is 11.4. The molecule has 0 bridgehead atoms. The molecule has 0 aromatic carbocycles. The standard InChI is InChI=1S/C12H22N2O2/c1-16-12(15)11(9-5-6-13-7-9)8-14-10-3-2-4-10/h9-11,13-14H,2-8H2,1H3. The fourth-order valence-corrected chi connectivity index (χ4v) is 2.52. The minimum Gasteiger partial charge on any atom is -0.469 e. The van der Waals surface area contributed by atoms with Crippen LogP contribution in [0.3, 0.4) is 0 Å². The van der Waals surface area contributed by atoms with Gasteiger partial charge in [-0.25, -0.2) is 0 Å². The molecule has 2 atom stereocenters. The summed E-state index contributed by atoms with van der Waals surface area (Å²) < 4.78 is 4.90. The summed E-state index contributed by atoms with van der Waals surface area (Å²) in [5.41, 5.74) is 0. The minimum absolute atomic E-state index is 0.0283. The number of carbonyl (C=O) groups excluding carboxylic acids is 1. The van der Waals surface area contributed by atoms with Crippen molar-refractivity contribution in [1.82, 2.24) is 10.6 Å². The smallest absolute Gasteiger partial charge is 0.310 e. The van der Waals surface area contributed by atoms with E-state index in [1.54, 1.807) is 0 Å². The Balaban J connectivity index is 1.82. The number of methoxy groups -OCH3 is 1. The first-order chi connectivity index (χ1) is 7.81. The maximum Gasteiger partial charge on any atom is 0.310 e. The van der Waals surface area contributed by atoms with Crippen molar-refractivity contribution in [3.05, 3.63) is 0 Å². The topological polar surface area (TPSA) is 50.4 Å². The van der Waals surface area contributed by atoms with Gasteiger partial charge >= 0.3 is 5.97 Å². The van der Waals surface area contributed by atoms with Crippen molar-refractivity contribution in [3.8, 4) is 0 Å². The largest absolute Gasteiger partial charge is 0.469 e. The zero-order valence-corrected chi connectivity index (χ0v) is 10.00. The number of nitrogens with one attached hydrogen (secondary N) is 2. The molecular weight excluding hydrogens is 204 g/mol. The molecule has 0 aromatic rings. The van der Waals surface area contributed by atoms with Gasteiger partial charge < -0.3 is 15.4 Å². The lowest BCUT2D eigenvalue weighted by atomic mass is 9.89. The normalized spacial score (nSPS) is 27.4. The lowest BCUT2D eigenvalue weighted by molar-refractivity contribution is -0.147. The summed E-state index contributed by atoms with van der Waals surface area (Å²) in [4.78, 5) is 11.7. The van der Waals surface area contributed by atoms with Gasteiger partial charge in [0, 0.05) is 12.6 Å². The summed E-state index contributed by atoms with van der Waals surface area (Å²) in [7, 11) is 1.49. The van der Waals surface area contributed by atoms with E-state index in [1.807, 2.05) is 0 Å². The Labute approximate surface area is 97.1 Å². The van der Waals surface area contributed by atoms with Crippen LogP contribution in [0.15, 0.2) is 0 Å². The van der Waals surface area contributed by atoms with Crippen molar-refractivity contribution < 1.29 is 9.53 Å². The average Bonchev–Trinajstić information content (AvgIpc) is 2.74. The van der Waals surface area contributed by atoms with Crippen LogP contribution in [0.5, 0.6) is 0 Å². The molecule has 4 heteroatoms. The van der Waals surface area contributed by atoms with Crippen molar-refractivity contribution in [2.75, 3.05) is 26.7 Å². The highest BCUT2D eigenvalue weighted by atomic mass is 16.5. The predicted octanol–water partition coefficient (Wildman–Crippen LogP) is 0.527. The summed E-state index contributed by atoms with van der Waals surface area (Å²) >= 11 is 0. The number of carbonyl (C=O) groups is 1. The zero-order valence-electron chi connectivity index (χ0n) is 10.00. The van der Waals surface area contributed by atoms with E-state index in [4.69, 9.17) is 4.74 Å². The molecule has 2 rings (SSSR count). The molecule has 1 aliphatic heterocycles. The van der Waals surface area contributed by atoms with E-state index >= 15 is 0 Å². The Kier molecular flexibility index (Phi) is 4.18. The van der Waals surface area contributed by atoms with E-state index in [1.165, 1.54) is 26.4 Å². The van der Waals surface area contributed by atoms with E-state index in [0.29, 0.717) is 12.0 Å². The van der Waals surface area contributed by atoms with Crippen molar-refractivity contribution >= 4 is 5.97 Å². The Morgan fingerprint density at radius 2 is 2.31 bits per heavy atom. The van der Waals surface area contributed by atoms with E-state index in [-0.39, 0.29) is 11.9 Å². The first-order valence-electron chi connectivity index (χ1n) is 6.33. The van der Waals surface area contributed by atoms with Crippen LogP contribution in [-0.2, 0) is 9.53 Å². The first-order valence-corrected chi connectivity index (χ1v) is 6.33. The van der Waals surface area contributed by atoms with Crippen LogP contribution in [-0.4, -0.2) is 38.8 Å². The Morgan fingerprint density at radius 1 is 1.50 bits per heavy atom. The SMILES string of the molecule is COC(=O)C(CNC1CCC1)C1CCNC1. The predicted molar refractivity (Wildman–Crippen MR) is 62.1 cm³/mol. The van der Waals surface area contributed by atoms with Gasteiger partial charge in [-0.2, -0.15) is 0 Å². The highest BCUT2D eigenvalue weighted by molar-refractivity contribution is 5.73. The molecule has 2 fully saturated rings. The van der Waals surface area contributed by atoms with Gasteiger partial charge in [-0.3, -0.25) is 4.79 Å². The summed E-state index contributed by atoms with van der Waals surface area (Å²) in [6.07, 6.45) is 4.94. The third-order valence-electron chi connectivity index (χ3n) is 3.90. The number of hydrogen-bond donors (Lipinski definition) is 2. The Morgan fingerprint density at radius 3 is 2.81 bits per heavy atom. The Hall–Kier alpha value is -0.610. The lowest BCUT2D eigenvalue weighted by Crippen LogP contribution is -2.42. The average molecular weight is 226 g/mol. The number of esters is 1. The molecule has 2 aliphatic rings. The summed E-state index contributed by atoms with van der Waals surface area (Å²) in [5, 5.41) is 6.79. The van der Waals surface area contributed by atoms with Crippen molar-refractivity contribution in [2.45, 2.75) is 31.7 Å². The van der Waals surface area contributed by atoms with E-state index in [0.717, 1.165) is 26.1 Å². The van der Waals surface area contributed by atoms with Gasteiger partial charge in [-0.1, -0.05) is 6.42 Å². The second kappa shape index (κ2) is 5.64. The molecular formula is C12H22N2O2. The molecule has 1 aliphatic carbocycles. The molecule has 2 N–H and O–H groups in total. The van der Waals surface area contributed by atoms with Gasteiger partial charge in [0.1, 0.15) is 0 Å². The van der Waals surface area contributed by atoms with Crippen molar-refractivity contribution in [1.29, 1.82) is 0 Å². The number of rotatable bonds is 5. The fourth-order valence-electron chi connectivity index (χ4n) is 2.52. The molecule has 1 saturated heterocycles. The van der Waals surface area contributed by atoms with Crippen LogP contribution in [0.1, 0.15) is 25.7 Å². The van der Waals surface area contributed by atoms with Crippen molar-refractivity contribution in [2.24, 2.45) is 11.8 Å². The molecule has 16 heavy (non-hydrogen) atoms. The third-order valence-corrected chi connectivity index (χ3v) is 3.90. The second-order valence-corrected chi connectivity index (χ2v) is 4.92. The summed E-state index contributed by atoms with van der Waals surface area (Å²) in [6.45, 7) is 2.76. The maximum atomic E-state index is 11.7. The van der Waals surface area contributed by atoms with Crippen molar-refractivity contribution in [3.63, 3.8) is 0 Å². The molecule has 0 spiro atoms. The number of hydrogen-bond acceptors (Lipinski definition) is 4. The van der Waals surface area contributed by atoms with Gasteiger partial charge in [-0.05, 0) is 38.3 Å². The molecule has 0 radical (unpaired) electrons. The first kappa shape index (κ1) is 11.9. The van der Waals surface area contributed by atoms with E-state index < -0.39 is 0 Å². The van der Waals surface area contributed by atoms with Gasteiger partial charge in [0.05, 0.1) is 13.0 Å². The van der Waals surface area contributed by atoms with Crippen LogP contribution in [0.4, 0.5) is 0 Å². The van der Waals surface area contributed by atoms with Gasteiger partial charge in [-0.15, -0.1) is 0 Å². The lowest BCUT2D eigenvalue weighted by Gasteiger charge is -2.29. The van der Waals surface area contributed by atoms with Crippen LogP contribution < -0.4 is 10.6 Å². The summed E-state index contributed by atoms with van der Waals surface area (Å²) in [5.74, 6) is 0.418. The van der Waals surface area contributed by atoms with Crippen LogP contribution in [0, 0.1) is 11.8 Å². The van der Waals surface area contributed by atoms with Gasteiger partial charge in [0.2, 0.25) is 0 Å². The molecule has 4 nitrogen and oxygen atoms in total. The van der Waals surface area contributed by atoms with Gasteiger partial charge in [0.15, 0.2) is 0 Å². The van der Waals surface area contributed by atoms with Crippen LogP contribution in [0.2, 0.25) is 0 Å². The van der Waals surface area contributed by atoms with Crippen LogP contribution in [0.25, 0.3) is 0 Å². The molecule has 1 saturated carbocycles. The van der Waals surface area contributed by atoms with E-state index in [9.17, 15) is 4.79 Å². The molecule has 2 unspecified atom stereocenters. The maximum absolute atomic E-state index is 11.7. The minimum atomic E-state index is -0.0551. The fraction of sp³-hybridized carbons (Fsp3) is 0.917. The monoisotopic (exact) mass is 226 g/mol. The van der Waals surface area contributed by atoms with Gasteiger partial charge in [0.25, 0.3) is 0 Å². The quantitative estimate of drug-likeness (QED) is 0.671. The third kappa shape index (κ3) is 2.74. The highest BCUT2D eigenvalue weighted by Crippen LogP contribution is 2.22. The summed E-state index contributed by atoms with van der Waals surface area (Å²) in [6, 6.07) is 0.640. The molecule has 92 valence electrons.